The molecule has 1 amide bonds. The monoisotopic (exact) mass is 309 g/mol. The standard InChI is InChI=1S/C11H8BrN3OS/c12-9-4-10(17-7-9)6-14-15-11(16)8-2-1-3-13-5-8/h1-7H,(H,15,16)/b14-6-. The summed E-state index contributed by atoms with van der Waals surface area (Å²) < 4.78 is 1.00. The van der Waals surface area contributed by atoms with Gasteiger partial charge < -0.3 is 0 Å². The van der Waals surface area contributed by atoms with E-state index in [9.17, 15) is 4.79 Å². The molecule has 0 fully saturated rings. The molecule has 0 aromatic carbocycles. The van der Waals surface area contributed by atoms with Crippen LogP contribution < -0.4 is 5.43 Å². The number of aromatic nitrogens is 1. The first-order valence-electron chi connectivity index (χ1n) is 4.73. The number of halogens is 1. The van der Waals surface area contributed by atoms with Crippen LogP contribution in [0.5, 0.6) is 0 Å². The number of carbonyl (C=O) groups excluding carboxylic acids is 1. The second-order valence-corrected chi connectivity index (χ2v) is 4.97. The fourth-order valence-corrected chi connectivity index (χ4v) is 2.42. The molecule has 2 aromatic heterocycles. The van der Waals surface area contributed by atoms with Crippen LogP contribution in [0.1, 0.15) is 15.2 Å². The minimum atomic E-state index is -0.273. The van der Waals surface area contributed by atoms with Crippen LogP contribution in [0.2, 0.25) is 0 Å². The van der Waals surface area contributed by atoms with E-state index in [1.54, 1.807) is 24.5 Å². The van der Waals surface area contributed by atoms with E-state index in [0.29, 0.717) is 5.56 Å². The summed E-state index contributed by atoms with van der Waals surface area (Å²) in [6.07, 6.45) is 4.71. The molecule has 2 heterocycles. The number of nitrogens with zero attached hydrogens (tertiary/aromatic N) is 2. The summed E-state index contributed by atoms with van der Waals surface area (Å²) in [7, 11) is 0. The van der Waals surface area contributed by atoms with Gasteiger partial charge in [-0.25, -0.2) is 5.43 Å². The molecule has 0 bridgehead atoms. The summed E-state index contributed by atoms with van der Waals surface area (Å²) in [5.41, 5.74) is 2.92. The quantitative estimate of drug-likeness (QED) is 0.700. The Kier molecular flexibility index (Phi) is 4.00. The van der Waals surface area contributed by atoms with E-state index in [0.717, 1.165) is 9.35 Å². The maximum absolute atomic E-state index is 11.6. The van der Waals surface area contributed by atoms with Crippen molar-refractivity contribution in [2.45, 2.75) is 0 Å². The van der Waals surface area contributed by atoms with Crippen molar-refractivity contribution in [3.05, 3.63) is 50.9 Å². The van der Waals surface area contributed by atoms with Crippen LogP contribution in [-0.2, 0) is 0 Å². The SMILES string of the molecule is O=C(N/N=C\c1cc(Br)cs1)c1cccnc1. The fourth-order valence-electron chi connectivity index (χ4n) is 1.11. The van der Waals surface area contributed by atoms with Gasteiger partial charge in [0.2, 0.25) is 0 Å². The Hall–Kier alpha value is -1.53. The molecule has 0 unspecified atom stereocenters. The molecule has 0 aliphatic carbocycles. The zero-order valence-electron chi connectivity index (χ0n) is 8.63. The maximum atomic E-state index is 11.6. The third-order valence-corrected chi connectivity index (χ3v) is 3.50. The normalized spacial score (nSPS) is 10.6. The van der Waals surface area contributed by atoms with E-state index in [1.165, 1.54) is 17.5 Å². The van der Waals surface area contributed by atoms with Gasteiger partial charge in [-0.15, -0.1) is 11.3 Å². The van der Waals surface area contributed by atoms with Gasteiger partial charge in [-0.2, -0.15) is 5.10 Å². The van der Waals surface area contributed by atoms with Gasteiger partial charge >= 0.3 is 0 Å². The van der Waals surface area contributed by atoms with Crippen molar-refractivity contribution in [3.63, 3.8) is 0 Å². The number of thiophene rings is 1. The molecule has 4 nitrogen and oxygen atoms in total. The van der Waals surface area contributed by atoms with Crippen molar-refractivity contribution < 1.29 is 4.79 Å². The molecule has 0 atom stereocenters. The maximum Gasteiger partial charge on any atom is 0.272 e. The average Bonchev–Trinajstić information content (AvgIpc) is 2.76. The Balaban J connectivity index is 1.95. The van der Waals surface area contributed by atoms with Gasteiger partial charge in [-0.1, -0.05) is 0 Å². The first-order chi connectivity index (χ1) is 8.25. The number of carbonyl (C=O) groups is 1. The predicted octanol–water partition coefficient (Wildman–Crippen LogP) is 2.67. The molecule has 0 aliphatic rings. The molecule has 17 heavy (non-hydrogen) atoms. The van der Waals surface area contributed by atoms with Crippen LogP contribution in [-0.4, -0.2) is 17.1 Å². The Morgan fingerprint density at radius 1 is 1.59 bits per heavy atom. The van der Waals surface area contributed by atoms with Gasteiger partial charge in [0.25, 0.3) is 5.91 Å². The first-order valence-corrected chi connectivity index (χ1v) is 6.40. The molecule has 2 aromatic rings. The largest absolute Gasteiger partial charge is 0.272 e. The number of nitrogens with one attached hydrogen (secondary N) is 1. The number of hydrogen-bond acceptors (Lipinski definition) is 4. The molecule has 0 aliphatic heterocycles. The molecule has 86 valence electrons. The lowest BCUT2D eigenvalue weighted by Crippen LogP contribution is -2.17. The van der Waals surface area contributed by atoms with E-state index in [1.807, 2.05) is 11.4 Å². The van der Waals surface area contributed by atoms with E-state index < -0.39 is 0 Å². The third-order valence-electron chi connectivity index (χ3n) is 1.87. The molecular weight excluding hydrogens is 302 g/mol. The van der Waals surface area contributed by atoms with Gasteiger partial charge in [0.1, 0.15) is 0 Å². The van der Waals surface area contributed by atoms with E-state index in [4.69, 9.17) is 0 Å². The fraction of sp³-hybridized carbons (Fsp3) is 0. The van der Waals surface area contributed by atoms with Crippen molar-refractivity contribution >= 4 is 39.4 Å². The van der Waals surface area contributed by atoms with Crippen molar-refractivity contribution in [1.29, 1.82) is 0 Å². The summed E-state index contributed by atoms with van der Waals surface area (Å²) >= 11 is 4.88. The zero-order valence-corrected chi connectivity index (χ0v) is 11.0. The smallest absolute Gasteiger partial charge is 0.267 e. The van der Waals surface area contributed by atoms with Crippen LogP contribution in [0, 0.1) is 0 Å². The number of rotatable bonds is 3. The van der Waals surface area contributed by atoms with Crippen molar-refractivity contribution in [1.82, 2.24) is 10.4 Å². The van der Waals surface area contributed by atoms with E-state index in [2.05, 4.69) is 31.4 Å². The Morgan fingerprint density at radius 2 is 2.47 bits per heavy atom. The number of hydrogen-bond donors (Lipinski definition) is 1. The molecule has 6 heteroatoms. The summed E-state index contributed by atoms with van der Waals surface area (Å²) in [5.74, 6) is -0.273. The summed E-state index contributed by atoms with van der Waals surface area (Å²) in [6.45, 7) is 0. The number of amides is 1. The number of pyridine rings is 1. The highest BCUT2D eigenvalue weighted by atomic mass is 79.9. The van der Waals surface area contributed by atoms with Crippen molar-refractivity contribution in [2.24, 2.45) is 5.10 Å². The van der Waals surface area contributed by atoms with Crippen LogP contribution >= 0.6 is 27.3 Å². The van der Waals surface area contributed by atoms with E-state index >= 15 is 0 Å². The second-order valence-electron chi connectivity index (χ2n) is 3.11. The molecule has 0 saturated heterocycles. The lowest BCUT2D eigenvalue weighted by Gasteiger charge is -1.97. The number of hydrazone groups is 1. The van der Waals surface area contributed by atoms with Gasteiger partial charge in [-0.05, 0) is 34.1 Å². The van der Waals surface area contributed by atoms with Gasteiger partial charge in [0.15, 0.2) is 0 Å². The molecule has 0 saturated carbocycles. The highest BCUT2D eigenvalue weighted by Crippen LogP contribution is 2.17. The van der Waals surface area contributed by atoms with E-state index in [-0.39, 0.29) is 5.91 Å². The first kappa shape index (κ1) is 11.9. The minimum absolute atomic E-state index is 0.273. The summed E-state index contributed by atoms with van der Waals surface area (Å²) in [4.78, 5) is 16.4. The molecule has 2 rings (SSSR count). The minimum Gasteiger partial charge on any atom is -0.267 e. The average molecular weight is 310 g/mol. The van der Waals surface area contributed by atoms with Crippen molar-refractivity contribution in [2.75, 3.05) is 0 Å². The van der Waals surface area contributed by atoms with Crippen LogP contribution in [0.4, 0.5) is 0 Å². The van der Waals surface area contributed by atoms with Crippen molar-refractivity contribution in [3.8, 4) is 0 Å². The van der Waals surface area contributed by atoms with Crippen LogP contribution in [0.15, 0.2) is 45.5 Å². The Morgan fingerprint density at radius 3 is 3.12 bits per heavy atom. The van der Waals surface area contributed by atoms with Crippen LogP contribution in [0.3, 0.4) is 0 Å². The lowest BCUT2D eigenvalue weighted by molar-refractivity contribution is 0.0955. The van der Waals surface area contributed by atoms with Gasteiger partial charge in [0, 0.05) is 27.1 Å². The van der Waals surface area contributed by atoms with Crippen LogP contribution in [0.25, 0.3) is 0 Å². The topological polar surface area (TPSA) is 54.4 Å². The summed E-state index contributed by atoms with van der Waals surface area (Å²) in [5, 5.41) is 5.82. The van der Waals surface area contributed by atoms with Gasteiger partial charge in [0.05, 0.1) is 11.8 Å². The predicted molar refractivity (Wildman–Crippen MR) is 71.3 cm³/mol. The summed E-state index contributed by atoms with van der Waals surface area (Å²) in [6, 6.07) is 5.30. The Bertz CT molecular complexity index is 539. The second kappa shape index (κ2) is 5.70. The highest BCUT2D eigenvalue weighted by Gasteiger charge is 2.02. The highest BCUT2D eigenvalue weighted by molar-refractivity contribution is 9.10. The lowest BCUT2D eigenvalue weighted by atomic mass is 10.3. The molecule has 0 radical (unpaired) electrons. The third kappa shape index (κ3) is 3.47. The van der Waals surface area contributed by atoms with Gasteiger partial charge in [-0.3, -0.25) is 9.78 Å². The molecular formula is C11H8BrN3OS. The Labute approximate surface area is 111 Å². The zero-order chi connectivity index (χ0) is 12.1. The molecule has 1 N–H and O–H groups in total. The molecule has 0 spiro atoms.